The number of hydrogen-bond acceptors (Lipinski definition) is 3. The maximum Gasteiger partial charge on any atom is 0.411 e. The molecule has 0 radical (unpaired) electrons. The molecule has 32 heavy (non-hydrogen) atoms. The second-order valence-electron chi connectivity index (χ2n) is 7.69. The topological polar surface area (TPSA) is 53.6 Å². The number of nitrogens with zero attached hydrogens (tertiary/aromatic N) is 1. The van der Waals surface area contributed by atoms with Gasteiger partial charge in [0.2, 0.25) is 0 Å². The minimum atomic E-state index is -4.35. The van der Waals surface area contributed by atoms with Crippen molar-refractivity contribution in [2.45, 2.75) is 25.7 Å². The zero-order chi connectivity index (χ0) is 23.1. The highest BCUT2D eigenvalue weighted by Crippen LogP contribution is 2.25. The Hall–Kier alpha value is -2.88. The average Bonchev–Trinajstić information content (AvgIpc) is 3.22. The number of hydrogen-bond donors (Lipinski definition) is 2. The number of anilines is 1. The van der Waals surface area contributed by atoms with Crippen LogP contribution in [-0.4, -0.2) is 38.4 Å². The van der Waals surface area contributed by atoms with Crippen molar-refractivity contribution in [3.8, 4) is 0 Å². The summed E-state index contributed by atoms with van der Waals surface area (Å²) in [6.45, 7) is 0.594. The fourth-order valence-electron chi connectivity index (χ4n) is 3.44. The van der Waals surface area contributed by atoms with Crippen LogP contribution in [0.25, 0.3) is 0 Å². The van der Waals surface area contributed by atoms with Gasteiger partial charge in [-0.2, -0.15) is 13.2 Å². The standard InChI is InChI=1S/C22H24F5N3O2/c23-19-6-5-18(9-20(19)24)30-8-7-17(12-30)11-29-21(31)28-10-15-1-3-16(4-2-15)13-32-14-22(25,26)27/h1-6,9,17H,7-8,10-14H2,(H2,28,29,31). The van der Waals surface area contributed by atoms with Gasteiger partial charge in [-0.25, -0.2) is 13.6 Å². The molecule has 0 aliphatic carbocycles. The summed E-state index contributed by atoms with van der Waals surface area (Å²) in [7, 11) is 0. The number of urea groups is 1. The lowest BCUT2D eigenvalue weighted by Gasteiger charge is -2.19. The number of benzene rings is 2. The molecule has 1 unspecified atom stereocenters. The Labute approximate surface area is 182 Å². The van der Waals surface area contributed by atoms with Crippen LogP contribution in [0.5, 0.6) is 0 Å². The van der Waals surface area contributed by atoms with E-state index in [1.807, 2.05) is 4.90 Å². The zero-order valence-corrected chi connectivity index (χ0v) is 17.2. The van der Waals surface area contributed by atoms with E-state index < -0.39 is 24.4 Å². The van der Waals surface area contributed by atoms with E-state index in [1.165, 1.54) is 12.1 Å². The van der Waals surface area contributed by atoms with Gasteiger partial charge in [-0.1, -0.05) is 24.3 Å². The quantitative estimate of drug-likeness (QED) is 0.579. The molecule has 0 saturated carbocycles. The van der Waals surface area contributed by atoms with Gasteiger partial charge in [-0.3, -0.25) is 0 Å². The summed E-state index contributed by atoms with van der Waals surface area (Å²) in [4.78, 5) is 14.0. The maximum atomic E-state index is 13.4. The van der Waals surface area contributed by atoms with Gasteiger partial charge in [0.1, 0.15) is 6.61 Å². The van der Waals surface area contributed by atoms with Crippen LogP contribution in [0, 0.1) is 17.6 Å². The van der Waals surface area contributed by atoms with Crippen LogP contribution in [0.3, 0.4) is 0 Å². The van der Waals surface area contributed by atoms with E-state index in [0.29, 0.717) is 30.9 Å². The van der Waals surface area contributed by atoms with Crippen molar-refractivity contribution in [3.63, 3.8) is 0 Å². The maximum absolute atomic E-state index is 13.4. The predicted octanol–water partition coefficient (Wildman–Crippen LogP) is 4.37. The van der Waals surface area contributed by atoms with E-state index >= 15 is 0 Å². The number of carbonyl (C=O) groups is 1. The highest BCUT2D eigenvalue weighted by atomic mass is 19.4. The first kappa shape index (κ1) is 23.8. The lowest BCUT2D eigenvalue weighted by Crippen LogP contribution is -2.38. The van der Waals surface area contributed by atoms with Crippen LogP contribution in [0.1, 0.15) is 17.5 Å². The second-order valence-corrected chi connectivity index (χ2v) is 7.69. The van der Waals surface area contributed by atoms with Crippen molar-refractivity contribution in [2.75, 3.05) is 31.1 Å². The number of alkyl halides is 3. The summed E-state index contributed by atoms with van der Waals surface area (Å²) in [6.07, 6.45) is -3.54. The Balaban J connectivity index is 1.35. The first-order chi connectivity index (χ1) is 15.2. The molecular formula is C22H24F5N3O2. The summed E-state index contributed by atoms with van der Waals surface area (Å²) in [5, 5.41) is 5.53. The third kappa shape index (κ3) is 7.37. The van der Waals surface area contributed by atoms with Crippen molar-refractivity contribution in [1.29, 1.82) is 0 Å². The number of halogens is 5. The van der Waals surface area contributed by atoms with E-state index in [9.17, 15) is 26.7 Å². The summed E-state index contributed by atoms with van der Waals surface area (Å²) in [5.74, 6) is -1.58. The molecule has 1 atom stereocenters. The second kappa shape index (κ2) is 10.6. The van der Waals surface area contributed by atoms with Gasteiger partial charge in [0.25, 0.3) is 0 Å². The Morgan fingerprint density at radius 1 is 1.03 bits per heavy atom. The van der Waals surface area contributed by atoms with Gasteiger partial charge in [0.15, 0.2) is 11.6 Å². The molecule has 174 valence electrons. The van der Waals surface area contributed by atoms with Gasteiger partial charge < -0.3 is 20.3 Å². The van der Waals surface area contributed by atoms with E-state index in [4.69, 9.17) is 0 Å². The molecular weight excluding hydrogens is 433 g/mol. The third-order valence-corrected chi connectivity index (χ3v) is 5.12. The van der Waals surface area contributed by atoms with Gasteiger partial charge in [-0.05, 0) is 35.6 Å². The van der Waals surface area contributed by atoms with Crippen LogP contribution in [0.4, 0.5) is 32.4 Å². The predicted molar refractivity (Wildman–Crippen MR) is 109 cm³/mol. The third-order valence-electron chi connectivity index (χ3n) is 5.12. The monoisotopic (exact) mass is 457 g/mol. The van der Waals surface area contributed by atoms with E-state index in [1.54, 1.807) is 24.3 Å². The molecule has 1 heterocycles. The van der Waals surface area contributed by atoms with Crippen LogP contribution < -0.4 is 15.5 Å². The Morgan fingerprint density at radius 2 is 1.75 bits per heavy atom. The van der Waals surface area contributed by atoms with E-state index in [2.05, 4.69) is 15.4 Å². The minimum Gasteiger partial charge on any atom is -0.371 e. The Bertz CT molecular complexity index is 905. The average molecular weight is 457 g/mol. The van der Waals surface area contributed by atoms with Crippen LogP contribution in [-0.2, 0) is 17.9 Å². The van der Waals surface area contributed by atoms with Gasteiger partial charge in [-0.15, -0.1) is 0 Å². The Morgan fingerprint density at radius 3 is 2.44 bits per heavy atom. The molecule has 10 heteroatoms. The largest absolute Gasteiger partial charge is 0.411 e. The first-order valence-corrected chi connectivity index (χ1v) is 10.1. The van der Waals surface area contributed by atoms with E-state index in [0.717, 1.165) is 18.1 Å². The van der Waals surface area contributed by atoms with Crippen LogP contribution in [0.15, 0.2) is 42.5 Å². The highest BCUT2D eigenvalue weighted by Gasteiger charge is 2.27. The fourth-order valence-corrected chi connectivity index (χ4v) is 3.44. The molecule has 2 N–H and O–H groups in total. The highest BCUT2D eigenvalue weighted by molar-refractivity contribution is 5.73. The van der Waals surface area contributed by atoms with E-state index in [-0.39, 0.29) is 25.1 Å². The van der Waals surface area contributed by atoms with Gasteiger partial charge >= 0.3 is 12.2 Å². The molecule has 2 amide bonds. The van der Waals surface area contributed by atoms with Crippen molar-refractivity contribution in [2.24, 2.45) is 5.92 Å². The van der Waals surface area contributed by atoms with Crippen LogP contribution in [0.2, 0.25) is 0 Å². The lowest BCUT2D eigenvalue weighted by atomic mass is 10.1. The summed E-state index contributed by atoms with van der Waals surface area (Å²) >= 11 is 0. The lowest BCUT2D eigenvalue weighted by molar-refractivity contribution is -0.176. The zero-order valence-electron chi connectivity index (χ0n) is 17.2. The molecule has 1 aliphatic heterocycles. The van der Waals surface area contributed by atoms with Gasteiger partial charge in [0, 0.05) is 37.9 Å². The molecule has 0 bridgehead atoms. The number of nitrogens with one attached hydrogen (secondary N) is 2. The Kier molecular flexibility index (Phi) is 7.89. The van der Waals surface area contributed by atoms with Crippen molar-refractivity contribution in [3.05, 3.63) is 65.2 Å². The molecule has 3 rings (SSSR count). The normalized spacial score (nSPS) is 16.3. The SMILES string of the molecule is O=C(NCc1ccc(COCC(F)(F)F)cc1)NCC1CCN(c2ccc(F)c(F)c2)C1. The summed E-state index contributed by atoms with van der Waals surface area (Å²) < 4.78 is 67.4. The van der Waals surface area contributed by atoms with Gasteiger partial charge in [0.05, 0.1) is 6.61 Å². The molecule has 1 saturated heterocycles. The van der Waals surface area contributed by atoms with Crippen LogP contribution >= 0.6 is 0 Å². The van der Waals surface area contributed by atoms with Crippen molar-refractivity contribution in [1.82, 2.24) is 10.6 Å². The molecule has 2 aromatic rings. The number of rotatable bonds is 8. The first-order valence-electron chi connectivity index (χ1n) is 10.1. The smallest absolute Gasteiger partial charge is 0.371 e. The molecule has 2 aromatic carbocycles. The number of ether oxygens (including phenoxy) is 1. The minimum absolute atomic E-state index is 0.142. The molecule has 0 aromatic heterocycles. The molecule has 5 nitrogen and oxygen atoms in total. The van der Waals surface area contributed by atoms with Crippen molar-refractivity contribution >= 4 is 11.7 Å². The van der Waals surface area contributed by atoms with Crippen molar-refractivity contribution < 1.29 is 31.5 Å². The summed E-state index contributed by atoms with van der Waals surface area (Å²) in [5.41, 5.74) is 2.02. The fraction of sp³-hybridized carbons (Fsp3) is 0.409. The number of amides is 2. The molecule has 0 spiro atoms. The molecule has 1 fully saturated rings. The number of carbonyl (C=O) groups excluding carboxylic acids is 1. The molecule has 1 aliphatic rings. The summed E-state index contributed by atoms with van der Waals surface area (Å²) in [6, 6.07) is 10.2.